The molecule has 5 heteroatoms. The number of hydrogen-bond donors (Lipinski definition) is 1. The molecule has 4 nitrogen and oxygen atoms in total. The van der Waals surface area contributed by atoms with Gasteiger partial charge in [-0.3, -0.25) is 4.98 Å². The van der Waals surface area contributed by atoms with Crippen LogP contribution in [0.5, 0.6) is 0 Å². The summed E-state index contributed by atoms with van der Waals surface area (Å²) >= 11 is 0. The molecule has 1 saturated carbocycles. The quantitative estimate of drug-likeness (QED) is 0.362. The van der Waals surface area contributed by atoms with E-state index >= 15 is 0 Å². The molecule has 5 rings (SSSR count). The van der Waals surface area contributed by atoms with Crippen LogP contribution in [0.4, 0.5) is 0 Å². The molecule has 0 amide bonds. The molecule has 0 spiro atoms. The number of carboxylic acids is 1. The number of fused-ring (bicyclic) bond motifs is 1. The van der Waals surface area contributed by atoms with Gasteiger partial charge in [0.05, 0.1) is 11.3 Å². The van der Waals surface area contributed by atoms with Crippen molar-refractivity contribution >= 4 is 29.3 Å². The Morgan fingerprint density at radius 2 is 1.78 bits per heavy atom. The molecule has 2 aromatic carbocycles. The molecule has 164 valence electrons. The minimum absolute atomic E-state index is 0. The number of rotatable bonds is 5. The Morgan fingerprint density at radius 1 is 1.00 bits per heavy atom. The molecule has 0 bridgehead atoms. The highest BCUT2D eigenvalue weighted by Crippen LogP contribution is 2.44. The van der Waals surface area contributed by atoms with E-state index in [1.807, 2.05) is 30.5 Å². The van der Waals surface area contributed by atoms with Gasteiger partial charge in [0, 0.05) is 29.8 Å². The summed E-state index contributed by atoms with van der Waals surface area (Å²) in [5.41, 5.74) is 6.19. The number of benzene rings is 2. The second-order valence-corrected chi connectivity index (χ2v) is 8.45. The number of carbonyl (C=O) groups is 1. The van der Waals surface area contributed by atoms with E-state index in [-0.39, 0.29) is 12.4 Å². The fourth-order valence-electron chi connectivity index (χ4n) is 5.06. The van der Waals surface area contributed by atoms with E-state index in [9.17, 15) is 9.90 Å². The first-order chi connectivity index (χ1) is 15.2. The normalized spacial score (nSPS) is 14.2. The van der Waals surface area contributed by atoms with Crippen molar-refractivity contribution in [1.82, 2.24) is 9.55 Å². The molecular formula is C27H27ClN2O2. The van der Waals surface area contributed by atoms with Gasteiger partial charge in [0.1, 0.15) is 0 Å². The van der Waals surface area contributed by atoms with Crippen molar-refractivity contribution in [2.45, 2.75) is 44.6 Å². The summed E-state index contributed by atoms with van der Waals surface area (Å²) in [6.07, 6.45) is 9.85. The van der Waals surface area contributed by atoms with E-state index in [1.54, 1.807) is 12.3 Å². The van der Waals surface area contributed by atoms with Crippen LogP contribution >= 0.6 is 12.4 Å². The molecule has 2 aromatic heterocycles. The van der Waals surface area contributed by atoms with Crippen LogP contribution in [-0.4, -0.2) is 20.6 Å². The van der Waals surface area contributed by atoms with Gasteiger partial charge >= 0.3 is 5.97 Å². The van der Waals surface area contributed by atoms with Crippen molar-refractivity contribution in [2.24, 2.45) is 0 Å². The Balaban J connectivity index is 0.00000245. The molecule has 0 radical (unpaired) electrons. The van der Waals surface area contributed by atoms with Gasteiger partial charge in [-0.25, -0.2) is 4.79 Å². The molecule has 4 aromatic rings. The number of carboxylic acid groups (broad SMARTS) is 1. The summed E-state index contributed by atoms with van der Waals surface area (Å²) in [5.74, 6) is -0.395. The zero-order valence-electron chi connectivity index (χ0n) is 17.9. The van der Waals surface area contributed by atoms with E-state index in [4.69, 9.17) is 0 Å². The average molecular weight is 447 g/mol. The highest BCUT2D eigenvalue weighted by Gasteiger charge is 2.27. The van der Waals surface area contributed by atoms with E-state index in [0.29, 0.717) is 18.0 Å². The van der Waals surface area contributed by atoms with E-state index in [2.05, 4.69) is 39.9 Å². The smallest absolute Gasteiger partial charge is 0.335 e. The third-order valence-corrected chi connectivity index (χ3v) is 6.47. The van der Waals surface area contributed by atoms with Crippen LogP contribution in [0.2, 0.25) is 0 Å². The molecule has 1 fully saturated rings. The summed E-state index contributed by atoms with van der Waals surface area (Å²) in [5, 5.41) is 10.8. The lowest BCUT2D eigenvalue weighted by Crippen LogP contribution is -2.08. The number of nitrogens with zero attached hydrogens (tertiary/aromatic N) is 2. The summed E-state index contributed by atoms with van der Waals surface area (Å²) in [7, 11) is 0. The SMILES string of the molecule is Cl.O=C(O)c1ccc2c(C3CCCCC3)c(-c3ccccc3)n(Cc3cccnc3)c2c1. The minimum atomic E-state index is -0.892. The van der Waals surface area contributed by atoms with E-state index in [1.165, 1.54) is 54.3 Å². The number of hydrogen-bond acceptors (Lipinski definition) is 2. The first-order valence-electron chi connectivity index (χ1n) is 11.1. The maximum absolute atomic E-state index is 11.8. The molecule has 1 aliphatic carbocycles. The van der Waals surface area contributed by atoms with Crippen molar-refractivity contribution < 1.29 is 9.90 Å². The van der Waals surface area contributed by atoms with Gasteiger partial charge < -0.3 is 9.67 Å². The molecule has 1 N–H and O–H groups in total. The van der Waals surface area contributed by atoms with Crippen molar-refractivity contribution in [3.05, 3.63) is 89.7 Å². The molecule has 32 heavy (non-hydrogen) atoms. The van der Waals surface area contributed by atoms with Crippen LogP contribution in [0.3, 0.4) is 0 Å². The predicted octanol–water partition coefficient (Wildman–Crippen LogP) is 6.92. The zero-order chi connectivity index (χ0) is 21.2. The van der Waals surface area contributed by atoms with Gasteiger partial charge in [0.2, 0.25) is 0 Å². The van der Waals surface area contributed by atoms with Crippen LogP contribution in [0.15, 0.2) is 73.1 Å². The second kappa shape index (κ2) is 9.58. The Kier molecular flexibility index (Phi) is 6.61. The Hall–Kier alpha value is -3.11. The summed E-state index contributed by atoms with van der Waals surface area (Å²) in [4.78, 5) is 16.1. The molecule has 2 heterocycles. The predicted molar refractivity (Wildman–Crippen MR) is 131 cm³/mol. The maximum Gasteiger partial charge on any atom is 0.335 e. The fraction of sp³-hybridized carbons (Fsp3) is 0.259. The van der Waals surface area contributed by atoms with Gasteiger partial charge in [-0.15, -0.1) is 12.4 Å². The summed E-state index contributed by atoms with van der Waals surface area (Å²) < 4.78 is 2.30. The van der Waals surface area contributed by atoms with Crippen molar-refractivity contribution in [3.8, 4) is 11.3 Å². The standard InChI is InChI=1S/C27H26N2O2.ClH/c30-27(31)22-13-14-23-24(16-22)29(18-19-8-7-15-28-17-19)26(21-11-5-2-6-12-21)25(23)20-9-3-1-4-10-20;/h2,5-8,11-17,20H,1,3-4,9-10,18H2,(H,30,31);1H. The van der Waals surface area contributed by atoms with Crippen LogP contribution < -0.4 is 0 Å². The second-order valence-electron chi connectivity index (χ2n) is 8.45. The van der Waals surface area contributed by atoms with Crippen LogP contribution in [0.1, 0.15) is 59.5 Å². The molecular weight excluding hydrogens is 420 g/mol. The van der Waals surface area contributed by atoms with Crippen molar-refractivity contribution in [1.29, 1.82) is 0 Å². The summed E-state index contributed by atoms with van der Waals surface area (Å²) in [6, 6.07) is 20.2. The van der Waals surface area contributed by atoms with Crippen molar-refractivity contribution in [3.63, 3.8) is 0 Å². The fourth-order valence-corrected chi connectivity index (χ4v) is 5.06. The first kappa shape index (κ1) is 22.1. The van der Waals surface area contributed by atoms with Gasteiger partial charge in [0.25, 0.3) is 0 Å². The van der Waals surface area contributed by atoms with Crippen LogP contribution in [-0.2, 0) is 6.54 Å². The summed E-state index contributed by atoms with van der Waals surface area (Å²) in [6.45, 7) is 0.657. The van der Waals surface area contributed by atoms with Gasteiger partial charge in [-0.2, -0.15) is 0 Å². The topological polar surface area (TPSA) is 55.1 Å². The average Bonchev–Trinajstić information content (AvgIpc) is 3.14. The molecule has 0 unspecified atom stereocenters. The lowest BCUT2D eigenvalue weighted by molar-refractivity contribution is 0.0697. The number of halogens is 1. The highest BCUT2D eigenvalue weighted by molar-refractivity contribution is 5.98. The van der Waals surface area contributed by atoms with E-state index in [0.717, 1.165) is 11.1 Å². The monoisotopic (exact) mass is 446 g/mol. The van der Waals surface area contributed by atoms with Gasteiger partial charge in [-0.05, 0) is 53.6 Å². The maximum atomic E-state index is 11.8. The lowest BCUT2D eigenvalue weighted by Gasteiger charge is -2.24. The van der Waals surface area contributed by atoms with Crippen molar-refractivity contribution in [2.75, 3.05) is 0 Å². The highest BCUT2D eigenvalue weighted by atomic mass is 35.5. The van der Waals surface area contributed by atoms with Crippen LogP contribution in [0, 0.1) is 0 Å². The van der Waals surface area contributed by atoms with Crippen LogP contribution in [0.25, 0.3) is 22.2 Å². The molecule has 0 aliphatic heterocycles. The van der Waals surface area contributed by atoms with Gasteiger partial charge in [0.15, 0.2) is 0 Å². The Bertz CT molecular complexity index is 1210. The van der Waals surface area contributed by atoms with Gasteiger partial charge in [-0.1, -0.05) is 61.7 Å². The molecule has 0 atom stereocenters. The zero-order valence-corrected chi connectivity index (χ0v) is 18.7. The third-order valence-electron chi connectivity index (χ3n) is 6.47. The first-order valence-corrected chi connectivity index (χ1v) is 11.1. The Labute approximate surface area is 194 Å². The lowest BCUT2D eigenvalue weighted by atomic mass is 9.82. The number of aromatic carboxylic acids is 1. The molecule has 1 aliphatic rings. The van der Waals surface area contributed by atoms with E-state index < -0.39 is 5.97 Å². The minimum Gasteiger partial charge on any atom is -0.478 e. The largest absolute Gasteiger partial charge is 0.478 e. The molecule has 0 saturated heterocycles. The number of pyridine rings is 1. The Morgan fingerprint density at radius 3 is 2.47 bits per heavy atom. The third kappa shape index (κ3) is 4.15. The number of aromatic nitrogens is 2.